The van der Waals surface area contributed by atoms with Crippen molar-refractivity contribution in [3.63, 3.8) is 0 Å². The summed E-state index contributed by atoms with van der Waals surface area (Å²) < 4.78 is 16.9. The lowest BCUT2D eigenvalue weighted by Crippen LogP contribution is -2.25. The largest absolute Gasteiger partial charge is 0.491 e. The van der Waals surface area contributed by atoms with Crippen molar-refractivity contribution in [3.8, 4) is 5.75 Å². The van der Waals surface area contributed by atoms with Gasteiger partial charge in [0.1, 0.15) is 18.5 Å². The highest BCUT2D eigenvalue weighted by Gasteiger charge is 2.32. The lowest BCUT2D eigenvalue weighted by atomic mass is 10.1. The van der Waals surface area contributed by atoms with E-state index in [1.807, 2.05) is 19.9 Å². The predicted octanol–water partition coefficient (Wildman–Crippen LogP) is 2.83. The van der Waals surface area contributed by atoms with E-state index in [0.717, 1.165) is 5.75 Å². The standard InChI is InChI=1S/C14H20O3/c1-10-5-6-12(7-11(10)2)15-8-13-9-16-14(3,4)17-13/h5-7,13H,8-9H2,1-4H3. The van der Waals surface area contributed by atoms with Gasteiger partial charge in [-0.05, 0) is 51.0 Å². The monoisotopic (exact) mass is 236 g/mol. The van der Waals surface area contributed by atoms with Crippen LogP contribution in [0.1, 0.15) is 25.0 Å². The van der Waals surface area contributed by atoms with E-state index in [1.165, 1.54) is 11.1 Å². The lowest BCUT2D eigenvalue weighted by Gasteiger charge is -2.17. The molecule has 1 unspecified atom stereocenters. The van der Waals surface area contributed by atoms with Gasteiger partial charge in [0.25, 0.3) is 0 Å². The number of benzene rings is 1. The number of aryl methyl sites for hydroxylation is 2. The van der Waals surface area contributed by atoms with Gasteiger partial charge in [0.05, 0.1) is 6.61 Å². The Hall–Kier alpha value is -1.06. The highest BCUT2D eigenvalue weighted by Crippen LogP contribution is 2.23. The first-order valence-electron chi connectivity index (χ1n) is 5.98. The Balaban J connectivity index is 1.88. The van der Waals surface area contributed by atoms with Crippen LogP contribution in [0.5, 0.6) is 5.75 Å². The van der Waals surface area contributed by atoms with Gasteiger partial charge in [0.15, 0.2) is 5.79 Å². The Morgan fingerprint density at radius 1 is 1.29 bits per heavy atom. The third-order valence-corrected chi connectivity index (χ3v) is 2.98. The molecule has 1 fully saturated rings. The van der Waals surface area contributed by atoms with Crippen LogP contribution < -0.4 is 4.74 Å². The van der Waals surface area contributed by atoms with Crippen LogP contribution in [0.4, 0.5) is 0 Å². The minimum atomic E-state index is -0.475. The highest BCUT2D eigenvalue weighted by atomic mass is 16.7. The second-order valence-corrected chi connectivity index (χ2v) is 5.01. The Kier molecular flexibility index (Phi) is 3.40. The van der Waals surface area contributed by atoms with Crippen LogP contribution in [0.25, 0.3) is 0 Å². The van der Waals surface area contributed by atoms with Gasteiger partial charge in [-0.15, -0.1) is 0 Å². The van der Waals surface area contributed by atoms with Gasteiger partial charge in [0.2, 0.25) is 0 Å². The molecule has 1 saturated heterocycles. The summed E-state index contributed by atoms with van der Waals surface area (Å²) in [6.07, 6.45) is 0.0200. The maximum Gasteiger partial charge on any atom is 0.163 e. The molecule has 0 saturated carbocycles. The van der Waals surface area contributed by atoms with Crippen LogP contribution in [0.2, 0.25) is 0 Å². The molecule has 0 N–H and O–H groups in total. The molecule has 0 spiro atoms. The van der Waals surface area contributed by atoms with Gasteiger partial charge in [-0.2, -0.15) is 0 Å². The molecule has 0 aliphatic carbocycles. The van der Waals surface area contributed by atoms with Gasteiger partial charge >= 0.3 is 0 Å². The van der Waals surface area contributed by atoms with E-state index in [4.69, 9.17) is 14.2 Å². The van der Waals surface area contributed by atoms with Crippen LogP contribution in [-0.2, 0) is 9.47 Å². The van der Waals surface area contributed by atoms with E-state index in [0.29, 0.717) is 13.2 Å². The SMILES string of the molecule is Cc1ccc(OCC2COC(C)(C)O2)cc1C. The van der Waals surface area contributed by atoms with Crippen LogP contribution in [-0.4, -0.2) is 25.1 Å². The first-order valence-corrected chi connectivity index (χ1v) is 5.98. The summed E-state index contributed by atoms with van der Waals surface area (Å²) in [6.45, 7) is 9.14. The summed E-state index contributed by atoms with van der Waals surface area (Å²) in [7, 11) is 0. The van der Waals surface area contributed by atoms with Gasteiger partial charge in [-0.25, -0.2) is 0 Å². The third-order valence-electron chi connectivity index (χ3n) is 2.98. The quantitative estimate of drug-likeness (QED) is 0.807. The highest BCUT2D eigenvalue weighted by molar-refractivity contribution is 5.33. The van der Waals surface area contributed by atoms with Crippen molar-refractivity contribution in [3.05, 3.63) is 29.3 Å². The molecule has 1 aromatic carbocycles. The van der Waals surface area contributed by atoms with Crippen molar-refractivity contribution in [1.29, 1.82) is 0 Å². The van der Waals surface area contributed by atoms with Gasteiger partial charge in [0, 0.05) is 0 Å². The fourth-order valence-corrected chi connectivity index (χ4v) is 1.84. The van der Waals surface area contributed by atoms with Gasteiger partial charge < -0.3 is 14.2 Å². The summed E-state index contributed by atoms with van der Waals surface area (Å²) >= 11 is 0. The van der Waals surface area contributed by atoms with Crippen molar-refractivity contribution in [2.45, 2.75) is 39.6 Å². The molecule has 94 valence electrons. The van der Waals surface area contributed by atoms with E-state index in [9.17, 15) is 0 Å². The number of ether oxygens (including phenoxy) is 3. The van der Waals surface area contributed by atoms with E-state index in [2.05, 4.69) is 26.0 Å². The number of hydrogen-bond acceptors (Lipinski definition) is 3. The molecule has 0 aromatic heterocycles. The summed E-state index contributed by atoms with van der Waals surface area (Å²) in [5.41, 5.74) is 2.52. The molecular formula is C14H20O3. The van der Waals surface area contributed by atoms with Crippen molar-refractivity contribution in [2.75, 3.05) is 13.2 Å². The van der Waals surface area contributed by atoms with Gasteiger partial charge in [-0.1, -0.05) is 6.07 Å². The van der Waals surface area contributed by atoms with E-state index in [-0.39, 0.29) is 6.10 Å². The molecule has 0 amide bonds. The van der Waals surface area contributed by atoms with Crippen LogP contribution in [0.3, 0.4) is 0 Å². The number of rotatable bonds is 3. The smallest absolute Gasteiger partial charge is 0.163 e. The van der Waals surface area contributed by atoms with Crippen molar-refractivity contribution in [2.24, 2.45) is 0 Å². The van der Waals surface area contributed by atoms with Gasteiger partial charge in [-0.3, -0.25) is 0 Å². The van der Waals surface area contributed by atoms with Crippen molar-refractivity contribution in [1.82, 2.24) is 0 Å². The number of hydrogen-bond donors (Lipinski definition) is 0. The average Bonchev–Trinajstić information content (AvgIpc) is 2.60. The average molecular weight is 236 g/mol. The molecule has 17 heavy (non-hydrogen) atoms. The third kappa shape index (κ3) is 3.20. The summed E-state index contributed by atoms with van der Waals surface area (Å²) in [5, 5.41) is 0. The molecule has 1 atom stereocenters. The second-order valence-electron chi connectivity index (χ2n) is 5.01. The molecule has 1 heterocycles. The zero-order chi connectivity index (χ0) is 12.5. The normalized spacial score (nSPS) is 22.7. The zero-order valence-corrected chi connectivity index (χ0v) is 10.9. The van der Waals surface area contributed by atoms with Crippen LogP contribution >= 0.6 is 0 Å². The fraction of sp³-hybridized carbons (Fsp3) is 0.571. The summed E-state index contributed by atoms with van der Waals surface area (Å²) in [4.78, 5) is 0. The van der Waals surface area contributed by atoms with E-state index >= 15 is 0 Å². The molecule has 3 nitrogen and oxygen atoms in total. The van der Waals surface area contributed by atoms with Crippen LogP contribution in [0.15, 0.2) is 18.2 Å². The molecule has 0 radical (unpaired) electrons. The second kappa shape index (κ2) is 4.67. The molecule has 0 bridgehead atoms. The first-order chi connectivity index (χ1) is 7.96. The summed E-state index contributed by atoms with van der Waals surface area (Å²) in [6, 6.07) is 6.11. The zero-order valence-electron chi connectivity index (χ0n) is 10.9. The Morgan fingerprint density at radius 2 is 2.06 bits per heavy atom. The molecule has 1 aliphatic heterocycles. The Morgan fingerprint density at radius 3 is 2.65 bits per heavy atom. The van der Waals surface area contributed by atoms with Crippen molar-refractivity contribution >= 4 is 0 Å². The summed E-state index contributed by atoms with van der Waals surface area (Å²) in [5.74, 6) is 0.415. The molecule has 3 heteroatoms. The Labute approximate surface area is 103 Å². The molecule has 1 aromatic rings. The minimum Gasteiger partial charge on any atom is -0.491 e. The van der Waals surface area contributed by atoms with E-state index < -0.39 is 5.79 Å². The molecular weight excluding hydrogens is 216 g/mol. The maximum atomic E-state index is 5.71. The predicted molar refractivity (Wildman–Crippen MR) is 66.3 cm³/mol. The minimum absolute atomic E-state index is 0.0200. The molecule has 2 rings (SSSR count). The Bertz CT molecular complexity index is 398. The van der Waals surface area contributed by atoms with E-state index in [1.54, 1.807) is 0 Å². The first kappa shape index (κ1) is 12.4. The fourth-order valence-electron chi connectivity index (χ4n) is 1.84. The van der Waals surface area contributed by atoms with Crippen molar-refractivity contribution < 1.29 is 14.2 Å². The maximum absolute atomic E-state index is 5.71. The lowest BCUT2D eigenvalue weighted by molar-refractivity contribution is -0.141. The van der Waals surface area contributed by atoms with Crippen LogP contribution in [0, 0.1) is 13.8 Å². The topological polar surface area (TPSA) is 27.7 Å². The molecule has 1 aliphatic rings.